The summed E-state index contributed by atoms with van der Waals surface area (Å²) in [6.45, 7) is 4.69. The van der Waals surface area contributed by atoms with E-state index in [9.17, 15) is 0 Å². The average molecular weight is 704 g/mol. The summed E-state index contributed by atoms with van der Waals surface area (Å²) in [5, 5.41) is 5.54. The van der Waals surface area contributed by atoms with Crippen LogP contribution in [0.1, 0.15) is 25.0 Å². The highest BCUT2D eigenvalue weighted by Gasteiger charge is 2.36. The van der Waals surface area contributed by atoms with Gasteiger partial charge in [-0.05, 0) is 63.0 Å². The number of benzene rings is 7. The van der Waals surface area contributed by atoms with E-state index in [-0.39, 0.29) is 5.41 Å². The molecule has 0 spiro atoms. The molecule has 0 radical (unpaired) electrons. The predicted molar refractivity (Wildman–Crippen MR) is 226 cm³/mol. The zero-order valence-corrected chi connectivity index (χ0v) is 30.3. The molecule has 5 heteroatoms. The van der Waals surface area contributed by atoms with Crippen LogP contribution in [-0.4, -0.2) is 23.9 Å². The number of fused-ring (bicyclic) bond motifs is 14. The fourth-order valence-corrected chi connectivity index (χ4v) is 9.40. The summed E-state index contributed by atoms with van der Waals surface area (Å²) >= 11 is 0. The van der Waals surface area contributed by atoms with Gasteiger partial charge in [0.05, 0.1) is 22.2 Å². The zero-order chi connectivity index (χ0) is 36.4. The quantitative estimate of drug-likeness (QED) is 0.172. The molecule has 258 valence electrons. The van der Waals surface area contributed by atoms with Crippen molar-refractivity contribution in [2.45, 2.75) is 19.3 Å². The fourth-order valence-electron chi connectivity index (χ4n) is 9.40. The van der Waals surface area contributed by atoms with E-state index in [2.05, 4.69) is 174 Å². The minimum atomic E-state index is -0.0707. The van der Waals surface area contributed by atoms with Gasteiger partial charge in [-0.1, -0.05) is 153 Å². The van der Waals surface area contributed by atoms with Crippen LogP contribution in [-0.2, 0) is 5.41 Å². The van der Waals surface area contributed by atoms with Gasteiger partial charge < -0.3 is 0 Å². The Morgan fingerprint density at radius 2 is 1.16 bits per heavy atom. The summed E-state index contributed by atoms with van der Waals surface area (Å²) in [6.07, 6.45) is 0. The lowest BCUT2D eigenvalue weighted by atomic mass is 9.82. The van der Waals surface area contributed by atoms with Crippen molar-refractivity contribution >= 4 is 60.3 Å². The van der Waals surface area contributed by atoms with E-state index in [1.165, 1.54) is 44.2 Å². The van der Waals surface area contributed by atoms with Crippen molar-refractivity contribution in [2.75, 3.05) is 0 Å². The number of aromatic nitrogens is 5. The SMILES string of the molecule is CC1(C)c2ccccc2-c2c(-c3ccc4c(c3)c3ccccc3c3nc5c6ccccc6n(-c6nc(-c7ccccc7)c7ccccc7n6)c5n43)cccc21. The van der Waals surface area contributed by atoms with Crippen molar-refractivity contribution in [3.8, 4) is 39.5 Å². The monoisotopic (exact) mass is 703 g/mol. The van der Waals surface area contributed by atoms with Crippen molar-refractivity contribution in [1.29, 1.82) is 0 Å². The second kappa shape index (κ2) is 11.0. The number of rotatable bonds is 3. The standard InChI is InChI=1S/C50H33N5/c1-50(2)39-23-11-8-19-35(39)44-32(22-14-24-40(44)50)31-27-28-43-38(29-31)33-17-6-7-18-34(33)47-52-46-37-21-10-13-26-42(37)55(48(46)54(43)47)49-51-41-25-12-9-20-36(41)45(53-49)30-15-4-3-5-16-30/h3-29H,1-2H3. The Balaban J connectivity index is 1.20. The first-order valence-corrected chi connectivity index (χ1v) is 18.9. The van der Waals surface area contributed by atoms with Gasteiger partial charge in [0.15, 0.2) is 5.65 Å². The summed E-state index contributed by atoms with van der Waals surface area (Å²) in [5.74, 6) is 0.615. The Morgan fingerprint density at radius 3 is 2.04 bits per heavy atom. The molecule has 1 aliphatic rings. The third-order valence-electron chi connectivity index (χ3n) is 11.9. The normalized spacial score (nSPS) is 13.4. The first-order valence-electron chi connectivity index (χ1n) is 18.9. The number of pyridine rings is 1. The van der Waals surface area contributed by atoms with Crippen molar-refractivity contribution in [3.05, 3.63) is 175 Å². The Labute approximate surface area is 316 Å². The van der Waals surface area contributed by atoms with E-state index in [4.69, 9.17) is 15.0 Å². The van der Waals surface area contributed by atoms with Crippen LogP contribution >= 0.6 is 0 Å². The molecule has 0 atom stereocenters. The first-order chi connectivity index (χ1) is 27.1. The first kappa shape index (κ1) is 30.4. The van der Waals surface area contributed by atoms with E-state index in [1.54, 1.807) is 0 Å². The molecule has 0 bridgehead atoms. The number of hydrogen-bond donors (Lipinski definition) is 0. The van der Waals surface area contributed by atoms with Gasteiger partial charge in [-0.15, -0.1) is 0 Å². The summed E-state index contributed by atoms with van der Waals surface area (Å²) in [4.78, 5) is 16.1. The lowest BCUT2D eigenvalue weighted by molar-refractivity contribution is 0.660. The van der Waals surface area contributed by atoms with Crippen molar-refractivity contribution in [2.24, 2.45) is 0 Å². The number of imidazole rings is 1. The predicted octanol–water partition coefficient (Wildman–Crippen LogP) is 12.3. The Hall–Kier alpha value is -7.11. The fraction of sp³-hybridized carbons (Fsp3) is 0.0600. The largest absolute Gasteiger partial charge is 0.277 e. The van der Waals surface area contributed by atoms with Crippen LogP contribution in [0, 0.1) is 0 Å². The molecule has 0 aliphatic heterocycles. The van der Waals surface area contributed by atoms with Crippen molar-refractivity contribution in [1.82, 2.24) is 23.9 Å². The second-order valence-electron chi connectivity index (χ2n) is 15.2. The van der Waals surface area contributed by atoms with Crippen LogP contribution in [0.3, 0.4) is 0 Å². The molecule has 0 amide bonds. The molecule has 0 N–H and O–H groups in total. The van der Waals surface area contributed by atoms with Crippen LogP contribution in [0.15, 0.2) is 164 Å². The molecular weight excluding hydrogens is 671 g/mol. The minimum Gasteiger partial charge on any atom is -0.277 e. The van der Waals surface area contributed by atoms with Crippen LogP contribution in [0.5, 0.6) is 0 Å². The minimum absolute atomic E-state index is 0.0707. The van der Waals surface area contributed by atoms with Crippen LogP contribution in [0.4, 0.5) is 0 Å². The maximum absolute atomic E-state index is 5.47. The molecule has 55 heavy (non-hydrogen) atoms. The molecule has 11 aromatic rings. The maximum Gasteiger partial charge on any atom is 0.237 e. The van der Waals surface area contributed by atoms with Crippen molar-refractivity contribution in [3.63, 3.8) is 0 Å². The Bertz CT molecular complexity index is 3400. The highest BCUT2D eigenvalue weighted by Crippen LogP contribution is 2.52. The highest BCUT2D eigenvalue weighted by atomic mass is 15.2. The molecule has 4 aromatic heterocycles. The molecule has 12 rings (SSSR count). The topological polar surface area (TPSA) is 48.0 Å². The van der Waals surface area contributed by atoms with Crippen molar-refractivity contribution < 1.29 is 0 Å². The molecule has 5 nitrogen and oxygen atoms in total. The summed E-state index contributed by atoms with van der Waals surface area (Å²) < 4.78 is 4.56. The van der Waals surface area contributed by atoms with Gasteiger partial charge in [0.1, 0.15) is 11.2 Å². The van der Waals surface area contributed by atoms with Gasteiger partial charge in [-0.25, -0.2) is 15.0 Å². The number of para-hydroxylation sites is 2. The molecule has 4 heterocycles. The molecule has 1 aliphatic carbocycles. The molecular formula is C50H33N5. The maximum atomic E-state index is 5.47. The molecule has 0 fully saturated rings. The molecule has 0 saturated heterocycles. The third-order valence-corrected chi connectivity index (χ3v) is 11.9. The summed E-state index contributed by atoms with van der Waals surface area (Å²) in [7, 11) is 0. The Morgan fingerprint density at radius 1 is 0.473 bits per heavy atom. The molecule has 7 aromatic carbocycles. The highest BCUT2D eigenvalue weighted by molar-refractivity contribution is 6.17. The zero-order valence-electron chi connectivity index (χ0n) is 30.3. The van der Waals surface area contributed by atoms with Gasteiger partial charge in [-0.2, -0.15) is 0 Å². The van der Waals surface area contributed by atoms with Gasteiger partial charge in [0.25, 0.3) is 0 Å². The molecule has 0 unspecified atom stereocenters. The van der Waals surface area contributed by atoms with Gasteiger partial charge in [0, 0.05) is 32.5 Å². The van der Waals surface area contributed by atoms with Gasteiger partial charge in [-0.3, -0.25) is 8.97 Å². The van der Waals surface area contributed by atoms with Gasteiger partial charge >= 0.3 is 0 Å². The van der Waals surface area contributed by atoms with Crippen LogP contribution in [0.25, 0.3) is 99.8 Å². The van der Waals surface area contributed by atoms with Gasteiger partial charge in [0.2, 0.25) is 5.95 Å². The second-order valence-corrected chi connectivity index (χ2v) is 15.2. The summed E-state index contributed by atoms with van der Waals surface area (Å²) in [5.41, 5.74) is 15.5. The Kier molecular flexibility index (Phi) is 6.05. The lowest BCUT2D eigenvalue weighted by Gasteiger charge is -2.21. The van der Waals surface area contributed by atoms with Crippen LogP contribution in [0.2, 0.25) is 0 Å². The van der Waals surface area contributed by atoms with Crippen LogP contribution < -0.4 is 0 Å². The van der Waals surface area contributed by atoms with E-state index in [0.717, 1.165) is 60.8 Å². The number of nitrogens with zero attached hydrogens (tertiary/aromatic N) is 5. The number of hydrogen-bond acceptors (Lipinski definition) is 3. The van der Waals surface area contributed by atoms with E-state index in [1.807, 2.05) is 12.1 Å². The smallest absolute Gasteiger partial charge is 0.237 e. The average Bonchev–Trinajstić information content (AvgIpc) is 3.86. The van der Waals surface area contributed by atoms with E-state index >= 15 is 0 Å². The third kappa shape index (κ3) is 4.10. The lowest BCUT2D eigenvalue weighted by Crippen LogP contribution is -2.14. The molecule has 0 saturated carbocycles. The van der Waals surface area contributed by atoms with E-state index < -0.39 is 0 Å². The van der Waals surface area contributed by atoms with E-state index in [0.29, 0.717) is 5.95 Å². The summed E-state index contributed by atoms with van der Waals surface area (Å²) in [6, 6.07) is 58.6.